The molecule has 0 aliphatic carbocycles. The van der Waals surface area contributed by atoms with Crippen molar-refractivity contribution in [2.45, 2.75) is 12.5 Å². The summed E-state index contributed by atoms with van der Waals surface area (Å²) < 4.78 is 11.3. The van der Waals surface area contributed by atoms with Crippen LogP contribution in [0.5, 0.6) is 11.5 Å². The number of H-pyrrole nitrogens is 1. The van der Waals surface area contributed by atoms with Gasteiger partial charge in [0.25, 0.3) is 0 Å². The van der Waals surface area contributed by atoms with Crippen LogP contribution in [-0.4, -0.2) is 29.1 Å². The maximum Gasteiger partial charge on any atom is 0.247 e. The Bertz CT molecular complexity index is 1340. The molecule has 0 fully saturated rings. The zero-order valence-electron chi connectivity index (χ0n) is 17.5. The number of aromatic nitrogens is 1. The van der Waals surface area contributed by atoms with Crippen molar-refractivity contribution in [2.24, 2.45) is 0 Å². The van der Waals surface area contributed by atoms with Gasteiger partial charge in [0.1, 0.15) is 0 Å². The number of benzene rings is 3. The Labute approximate surface area is 185 Å². The molecule has 158 valence electrons. The number of amides is 1. The highest BCUT2D eigenvalue weighted by atomic mass is 16.7. The van der Waals surface area contributed by atoms with E-state index in [9.17, 15) is 4.79 Å². The number of rotatable bonds is 3. The number of ether oxygens (including phenoxy) is 2. The number of hydrogen-bond acceptors (Lipinski definition) is 3. The summed E-state index contributed by atoms with van der Waals surface area (Å²) in [4.78, 5) is 18.8. The molecule has 3 heterocycles. The molecule has 1 aromatic heterocycles. The molecule has 32 heavy (non-hydrogen) atoms. The number of hydrogen-bond donors (Lipinski definition) is 1. The van der Waals surface area contributed by atoms with Gasteiger partial charge in [-0.3, -0.25) is 4.79 Å². The fourth-order valence-corrected chi connectivity index (χ4v) is 4.73. The molecule has 0 bridgehead atoms. The smallest absolute Gasteiger partial charge is 0.247 e. The van der Waals surface area contributed by atoms with Crippen molar-refractivity contribution in [3.63, 3.8) is 0 Å². The lowest BCUT2D eigenvalue weighted by Gasteiger charge is -2.37. The highest BCUT2D eigenvalue weighted by Crippen LogP contribution is 2.44. The van der Waals surface area contributed by atoms with Gasteiger partial charge in [-0.2, -0.15) is 0 Å². The van der Waals surface area contributed by atoms with E-state index in [0.717, 1.165) is 45.5 Å². The number of para-hydroxylation sites is 1. The number of carbonyl (C=O) groups is 1. The summed E-state index contributed by atoms with van der Waals surface area (Å²) in [6, 6.07) is 22.0. The Morgan fingerprint density at radius 2 is 1.75 bits per heavy atom. The fraction of sp³-hybridized carbons (Fsp3) is 0.148. The lowest BCUT2D eigenvalue weighted by molar-refractivity contribution is -0.127. The highest BCUT2D eigenvalue weighted by Gasteiger charge is 2.34. The first kappa shape index (κ1) is 18.8. The van der Waals surface area contributed by atoms with E-state index in [1.165, 1.54) is 5.56 Å². The molecule has 0 saturated carbocycles. The van der Waals surface area contributed by atoms with E-state index in [2.05, 4.69) is 23.2 Å². The van der Waals surface area contributed by atoms with Crippen LogP contribution in [0.1, 0.15) is 28.3 Å². The van der Waals surface area contributed by atoms with E-state index >= 15 is 0 Å². The predicted molar refractivity (Wildman–Crippen MR) is 124 cm³/mol. The molecule has 1 atom stereocenters. The second-order valence-corrected chi connectivity index (χ2v) is 8.12. The van der Waals surface area contributed by atoms with Crippen LogP contribution < -0.4 is 9.47 Å². The molecule has 4 aromatic rings. The maximum atomic E-state index is 13.4. The molecule has 6 rings (SSSR count). The summed E-state index contributed by atoms with van der Waals surface area (Å²) in [7, 11) is 0. The topological polar surface area (TPSA) is 54.6 Å². The average molecular weight is 422 g/mol. The third-order valence-electron chi connectivity index (χ3n) is 6.28. The monoisotopic (exact) mass is 422 g/mol. The molecule has 3 aromatic carbocycles. The predicted octanol–water partition coefficient (Wildman–Crippen LogP) is 5.08. The SMILES string of the molecule is O=C(C=Cc1ccccc1)N1CCc2cc3c(cc2C1c1c[nH]c2ccccc12)OCO3. The van der Waals surface area contributed by atoms with E-state index in [-0.39, 0.29) is 18.7 Å². The quantitative estimate of drug-likeness (QED) is 0.468. The van der Waals surface area contributed by atoms with Crippen LogP contribution in [0.15, 0.2) is 79.0 Å². The molecule has 1 amide bonds. The van der Waals surface area contributed by atoms with Crippen LogP contribution in [0.3, 0.4) is 0 Å². The van der Waals surface area contributed by atoms with Crippen molar-refractivity contribution in [3.05, 3.63) is 101 Å². The third-order valence-corrected chi connectivity index (χ3v) is 6.28. The van der Waals surface area contributed by atoms with Gasteiger partial charge in [-0.1, -0.05) is 48.5 Å². The van der Waals surface area contributed by atoms with Gasteiger partial charge < -0.3 is 19.4 Å². The molecule has 5 heteroatoms. The minimum atomic E-state index is -0.211. The van der Waals surface area contributed by atoms with Crippen molar-refractivity contribution >= 4 is 22.9 Å². The second-order valence-electron chi connectivity index (χ2n) is 8.12. The van der Waals surface area contributed by atoms with Gasteiger partial charge in [-0.05, 0) is 47.4 Å². The summed E-state index contributed by atoms with van der Waals surface area (Å²) in [5, 5.41) is 1.12. The number of nitrogens with zero attached hydrogens (tertiary/aromatic N) is 1. The van der Waals surface area contributed by atoms with Gasteiger partial charge in [0.15, 0.2) is 11.5 Å². The standard InChI is InChI=1S/C27H22N2O3/c30-26(11-10-18-6-2-1-3-7-18)29-13-12-19-14-24-25(32-17-31-24)15-21(19)27(29)22-16-28-23-9-5-4-8-20(22)23/h1-11,14-16,27-28H,12-13,17H2. The van der Waals surface area contributed by atoms with Gasteiger partial charge in [0, 0.05) is 35.3 Å². The zero-order chi connectivity index (χ0) is 21.5. The first-order valence-electron chi connectivity index (χ1n) is 10.8. The van der Waals surface area contributed by atoms with E-state index in [4.69, 9.17) is 9.47 Å². The van der Waals surface area contributed by atoms with Crippen LogP contribution in [0, 0.1) is 0 Å². The van der Waals surface area contributed by atoms with E-state index < -0.39 is 0 Å². The number of carbonyl (C=O) groups excluding carboxylic acids is 1. The van der Waals surface area contributed by atoms with E-state index in [1.807, 2.05) is 65.7 Å². The molecule has 1 unspecified atom stereocenters. The minimum absolute atomic E-state index is 0.00699. The molecule has 0 spiro atoms. The largest absolute Gasteiger partial charge is 0.454 e. The fourth-order valence-electron chi connectivity index (χ4n) is 4.73. The van der Waals surface area contributed by atoms with Gasteiger partial charge in [0.05, 0.1) is 6.04 Å². The minimum Gasteiger partial charge on any atom is -0.454 e. The molecule has 0 radical (unpaired) electrons. The molecular weight excluding hydrogens is 400 g/mol. The van der Waals surface area contributed by atoms with Crippen molar-refractivity contribution in [1.82, 2.24) is 9.88 Å². The Kier molecular flexibility index (Phi) is 4.46. The number of nitrogens with one attached hydrogen (secondary N) is 1. The summed E-state index contributed by atoms with van der Waals surface area (Å²) in [5.41, 5.74) is 5.43. The zero-order valence-corrected chi connectivity index (χ0v) is 17.5. The Balaban J connectivity index is 1.45. The van der Waals surface area contributed by atoms with Crippen LogP contribution in [-0.2, 0) is 11.2 Å². The number of fused-ring (bicyclic) bond motifs is 3. The summed E-state index contributed by atoms with van der Waals surface area (Å²) in [5.74, 6) is 1.51. The van der Waals surface area contributed by atoms with Crippen molar-refractivity contribution < 1.29 is 14.3 Å². The summed E-state index contributed by atoms with van der Waals surface area (Å²) in [6.07, 6.45) is 6.35. The number of aromatic amines is 1. The van der Waals surface area contributed by atoms with Crippen molar-refractivity contribution in [2.75, 3.05) is 13.3 Å². The highest BCUT2D eigenvalue weighted by molar-refractivity contribution is 5.93. The molecule has 2 aliphatic rings. The lowest BCUT2D eigenvalue weighted by Crippen LogP contribution is -2.39. The second kappa shape index (κ2) is 7.61. The molecule has 2 aliphatic heterocycles. The van der Waals surface area contributed by atoms with Crippen molar-refractivity contribution in [1.29, 1.82) is 0 Å². The molecule has 5 nitrogen and oxygen atoms in total. The maximum absolute atomic E-state index is 13.4. The van der Waals surface area contributed by atoms with Crippen LogP contribution >= 0.6 is 0 Å². The normalized spacial score (nSPS) is 17.1. The van der Waals surface area contributed by atoms with Gasteiger partial charge in [-0.25, -0.2) is 0 Å². The van der Waals surface area contributed by atoms with Crippen LogP contribution in [0.25, 0.3) is 17.0 Å². The Hall–Kier alpha value is -3.99. The van der Waals surface area contributed by atoms with Crippen LogP contribution in [0.4, 0.5) is 0 Å². The molecule has 0 saturated heterocycles. The summed E-state index contributed by atoms with van der Waals surface area (Å²) in [6.45, 7) is 0.868. The first-order valence-corrected chi connectivity index (χ1v) is 10.8. The third kappa shape index (κ3) is 3.14. The Morgan fingerprint density at radius 1 is 0.969 bits per heavy atom. The first-order chi connectivity index (χ1) is 15.8. The van der Waals surface area contributed by atoms with Gasteiger partial charge in [0.2, 0.25) is 12.7 Å². The molecular formula is C27H22N2O3. The average Bonchev–Trinajstić information content (AvgIpc) is 3.47. The summed E-state index contributed by atoms with van der Waals surface area (Å²) >= 11 is 0. The van der Waals surface area contributed by atoms with Gasteiger partial charge in [-0.15, -0.1) is 0 Å². The Morgan fingerprint density at radius 3 is 2.62 bits per heavy atom. The van der Waals surface area contributed by atoms with Crippen molar-refractivity contribution in [3.8, 4) is 11.5 Å². The lowest BCUT2D eigenvalue weighted by atomic mass is 9.87. The van der Waals surface area contributed by atoms with Crippen LogP contribution in [0.2, 0.25) is 0 Å². The van der Waals surface area contributed by atoms with E-state index in [1.54, 1.807) is 6.08 Å². The van der Waals surface area contributed by atoms with Gasteiger partial charge >= 0.3 is 0 Å². The van der Waals surface area contributed by atoms with E-state index in [0.29, 0.717) is 6.54 Å². The molecule has 1 N–H and O–H groups in total.